The van der Waals surface area contributed by atoms with Crippen molar-refractivity contribution in [2.24, 2.45) is 5.92 Å². The predicted octanol–water partition coefficient (Wildman–Crippen LogP) is 2.79. The number of carbonyl (C=O) groups is 2. The van der Waals surface area contributed by atoms with E-state index in [1.807, 2.05) is 6.92 Å². The first-order valence-electron chi connectivity index (χ1n) is 7.44. The van der Waals surface area contributed by atoms with Crippen LogP contribution in [0, 0.1) is 16.6 Å². The fourth-order valence-electron chi connectivity index (χ4n) is 2.67. The summed E-state index contributed by atoms with van der Waals surface area (Å²) in [5.74, 6) is -0.386. The number of nitriles is 1. The largest absolute Gasteiger partial charge is 0.465 e. The van der Waals surface area contributed by atoms with Crippen LogP contribution in [0.1, 0.15) is 26.7 Å². The van der Waals surface area contributed by atoms with Crippen LogP contribution in [0.4, 0.5) is 0 Å². The highest BCUT2D eigenvalue weighted by Gasteiger charge is 2.47. The zero-order valence-corrected chi connectivity index (χ0v) is 16.1. The van der Waals surface area contributed by atoms with Gasteiger partial charge in [-0.25, -0.2) is 0 Å². The van der Waals surface area contributed by atoms with Crippen molar-refractivity contribution >= 4 is 58.8 Å². The van der Waals surface area contributed by atoms with Crippen molar-refractivity contribution in [1.82, 2.24) is 5.32 Å². The van der Waals surface area contributed by atoms with Crippen LogP contribution >= 0.6 is 46.9 Å². The Bertz CT molecular complexity index is 502. The quantitative estimate of drug-likeness (QED) is 0.436. The number of esters is 1. The van der Waals surface area contributed by atoms with Crippen molar-refractivity contribution in [1.29, 1.82) is 5.26 Å². The highest BCUT2D eigenvalue weighted by molar-refractivity contribution is 8.07. The first-order valence-corrected chi connectivity index (χ1v) is 10.6. The van der Waals surface area contributed by atoms with Crippen LogP contribution < -0.4 is 5.32 Å². The molecule has 0 spiro atoms. The Labute approximate surface area is 154 Å². The molecule has 128 valence electrons. The van der Waals surface area contributed by atoms with Crippen LogP contribution in [0.25, 0.3) is 0 Å². The molecule has 0 bridgehead atoms. The normalized spacial score (nSPS) is 36.4. The van der Waals surface area contributed by atoms with Gasteiger partial charge in [0, 0.05) is 0 Å². The zero-order valence-electron chi connectivity index (χ0n) is 12.9. The van der Waals surface area contributed by atoms with E-state index in [4.69, 9.17) is 21.6 Å². The molecule has 2 rings (SSSR count). The minimum Gasteiger partial charge on any atom is -0.465 e. The van der Waals surface area contributed by atoms with Crippen molar-refractivity contribution in [2.45, 2.75) is 52.5 Å². The minimum atomic E-state index is -0.358. The predicted molar refractivity (Wildman–Crippen MR) is 96.4 cm³/mol. The maximum Gasteiger partial charge on any atom is 0.319 e. The van der Waals surface area contributed by atoms with E-state index in [0.717, 1.165) is 24.6 Å². The molecule has 6 atom stereocenters. The molecule has 23 heavy (non-hydrogen) atoms. The van der Waals surface area contributed by atoms with Gasteiger partial charge >= 0.3 is 5.97 Å². The van der Waals surface area contributed by atoms with Gasteiger partial charge in [0.05, 0.1) is 27.2 Å². The highest BCUT2D eigenvalue weighted by atomic mass is 35.5. The molecule has 2 aliphatic rings. The maximum atomic E-state index is 12.4. The lowest BCUT2D eigenvalue weighted by atomic mass is 10.0. The number of hydrogen-bond acceptors (Lipinski definition) is 7. The molecule has 0 radical (unpaired) electrons. The molecule has 2 fully saturated rings. The highest BCUT2D eigenvalue weighted by Crippen LogP contribution is 2.44. The molecule has 0 aromatic heterocycles. The molecule has 0 aliphatic carbocycles. The summed E-state index contributed by atoms with van der Waals surface area (Å²) in [5.41, 5.74) is 0. The van der Waals surface area contributed by atoms with Gasteiger partial charge in [0.25, 0.3) is 0 Å². The van der Waals surface area contributed by atoms with Gasteiger partial charge in [-0.3, -0.25) is 9.59 Å². The topological polar surface area (TPSA) is 79.2 Å². The summed E-state index contributed by atoms with van der Waals surface area (Å²) in [7, 11) is 0. The maximum absolute atomic E-state index is 12.4. The van der Waals surface area contributed by atoms with Gasteiger partial charge < -0.3 is 10.1 Å². The van der Waals surface area contributed by atoms with Crippen molar-refractivity contribution in [3.05, 3.63) is 0 Å². The van der Waals surface area contributed by atoms with Gasteiger partial charge in [0.1, 0.15) is 10.7 Å². The third-order valence-corrected chi connectivity index (χ3v) is 8.55. The summed E-state index contributed by atoms with van der Waals surface area (Å²) in [6, 6.07) is 0. The van der Waals surface area contributed by atoms with E-state index >= 15 is 0 Å². The number of alkyl halides is 1. The van der Waals surface area contributed by atoms with Crippen molar-refractivity contribution in [3.8, 4) is 5.40 Å². The number of carbonyl (C=O) groups excluding carboxylic acids is 2. The third-order valence-electron chi connectivity index (χ3n) is 3.84. The Morgan fingerprint density at radius 3 is 2.74 bits per heavy atom. The van der Waals surface area contributed by atoms with E-state index in [9.17, 15) is 9.59 Å². The molecular formula is C14H19ClN2O3S3. The van der Waals surface area contributed by atoms with E-state index in [-0.39, 0.29) is 43.6 Å². The average Bonchev–Trinajstić information content (AvgIpc) is 3.06. The lowest BCUT2D eigenvalue weighted by Gasteiger charge is -2.21. The second-order valence-electron chi connectivity index (χ2n) is 5.38. The summed E-state index contributed by atoms with van der Waals surface area (Å²) < 4.78 is 5.09. The molecule has 9 heteroatoms. The molecule has 0 aromatic rings. The minimum absolute atomic E-state index is 0.0162. The monoisotopic (exact) mass is 394 g/mol. The standard InChI is InChI=1S/C14H19ClN2O3S3/c1-3-20-14(19)11-7(2)10(21-6-16)13(23-11)17-12(18)8-4-5-9(15)22-8/h7-11,13H,3-5H2,1-2H3,(H,17,18). The van der Waals surface area contributed by atoms with Gasteiger partial charge in [-0.05, 0) is 37.4 Å². The first-order chi connectivity index (χ1) is 11.0. The lowest BCUT2D eigenvalue weighted by molar-refractivity contribution is -0.143. The van der Waals surface area contributed by atoms with Gasteiger partial charge in [0.2, 0.25) is 5.91 Å². The van der Waals surface area contributed by atoms with Crippen LogP contribution in [-0.2, 0) is 14.3 Å². The summed E-state index contributed by atoms with van der Waals surface area (Å²) in [6.07, 6.45) is 1.58. The van der Waals surface area contributed by atoms with Crippen LogP contribution in [0.15, 0.2) is 0 Å². The fraction of sp³-hybridized carbons (Fsp3) is 0.786. The zero-order chi connectivity index (χ0) is 17.0. The average molecular weight is 395 g/mol. The van der Waals surface area contributed by atoms with Crippen LogP contribution in [0.3, 0.4) is 0 Å². The number of thioether (sulfide) groups is 3. The number of nitrogens with zero attached hydrogens (tertiary/aromatic N) is 1. The van der Waals surface area contributed by atoms with Crippen LogP contribution in [-0.4, -0.2) is 44.3 Å². The molecule has 1 amide bonds. The molecule has 2 saturated heterocycles. The molecule has 6 unspecified atom stereocenters. The Morgan fingerprint density at radius 1 is 1.43 bits per heavy atom. The Balaban J connectivity index is 2.02. The molecule has 2 aliphatic heterocycles. The lowest BCUT2D eigenvalue weighted by Crippen LogP contribution is -2.42. The number of rotatable bonds is 5. The molecule has 0 saturated carbocycles. The molecule has 1 N–H and O–H groups in total. The van der Waals surface area contributed by atoms with E-state index < -0.39 is 0 Å². The summed E-state index contributed by atoms with van der Waals surface area (Å²) in [5, 5.41) is 13.2. The Hall–Kier alpha value is -0.230. The SMILES string of the molecule is CCOC(=O)C1SC(NC(=O)C2CCC(Cl)S2)C(SC#N)C1C. The van der Waals surface area contributed by atoms with E-state index in [0.29, 0.717) is 6.61 Å². The van der Waals surface area contributed by atoms with E-state index in [1.54, 1.807) is 6.92 Å². The van der Waals surface area contributed by atoms with Crippen molar-refractivity contribution < 1.29 is 14.3 Å². The first kappa shape index (κ1) is 19.1. The van der Waals surface area contributed by atoms with Crippen molar-refractivity contribution in [2.75, 3.05) is 6.61 Å². The number of thiocyanates is 1. The molecule has 5 nitrogen and oxygen atoms in total. The summed E-state index contributed by atoms with van der Waals surface area (Å²) >= 11 is 10.00. The second kappa shape index (κ2) is 8.75. The smallest absolute Gasteiger partial charge is 0.319 e. The summed E-state index contributed by atoms with van der Waals surface area (Å²) in [4.78, 5) is 24.5. The number of ether oxygens (including phenoxy) is 1. The number of nitrogens with one attached hydrogen (secondary N) is 1. The van der Waals surface area contributed by atoms with Gasteiger partial charge in [-0.15, -0.1) is 35.1 Å². The Kier molecular flexibility index (Phi) is 7.26. The number of halogens is 1. The second-order valence-corrected chi connectivity index (χ2v) is 9.83. The van der Waals surface area contributed by atoms with Crippen LogP contribution in [0.2, 0.25) is 0 Å². The summed E-state index contributed by atoms with van der Waals surface area (Å²) in [6.45, 7) is 4.02. The molecule has 0 aromatic carbocycles. The molecule has 2 heterocycles. The van der Waals surface area contributed by atoms with Crippen LogP contribution in [0.5, 0.6) is 0 Å². The van der Waals surface area contributed by atoms with E-state index in [2.05, 4.69) is 10.7 Å². The van der Waals surface area contributed by atoms with Gasteiger partial charge in [-0.1, -0.05) is 6.92 Å². The van der Waals surface area contributed by atoms with Gasteiger partial charge in [0.15, 0.2) is 0 Å². The number of hydrogen-bond donors (Lipinski definition) is 1. The molecular weight excluding hydrogens is 376 g/mol. The third kappa shape index (κ3) is 4.65. The van der Waals surface area contributed by atoms with Gasteiger partial charge in [-0.2, -0.15) is 5.26 Å². The number of amides is 1. The van der Waals surface area contributed by atoms with Crippen molar-refractivity contribution in [3.63, 3.8) is 0 Å². The van der Waals surface area contributed by atoms with E-state index in [1.165, 1.54) is 23.5 Å². The fourth-order valence-corrected chi connectivity index (χ4v) is 6.90. The Morgan fingerprint density at radius 2 is 2.17 bits per heavy atom.